The maximum absolute atomic E-state index is 4.24. The van der Waals surface area contributed by atoms with Crippen LogP contribution in [0.1, 0.15) is 23.8 Å². The van der Waals surface area contributed by atoms with Crippen molar-refractivity contribution in [3.63, 3.8) is 0 Å². The van der Waals surface area contributed by atoms with Crippen LogP contribution in [0.4, 0.5) is 0 Å². The SMILES string of the molecule is CC1C=C(c2cccs2)CN(CCCc2cnn(C)c2)C1. The van der Waals surface area contributed by atoms with Gasteiger partial charge in [0, 0.05) is 31.2 Å². The Bertz CT molecular complexity index is 597. The van der Waals surface area contributed by atoms with E-state index < -0.39 is 0 Å². The van der Waals surface area contributed by atoms with Gasteiger partial charge in [0.15, 0.2) is 0 Å². The lowest BCUT2D eigenvalue weighted by atomic mass is 10.00. The van der Waals surface area contributed by atoms with E-state index in [-0.39, 0.29) is 0 Å². The quantitative estimate of drug-likeness (QED) is 0.843. The monoisotopic (exact) mass is 301 g/mol. The summed E-state index contributed by atoms with van der Waals surface area (Å²) in [6, 6.07) is 4.38. The molecule has 1 aliphatic heterocycles. The van der Waals surface area contributed by atoms with E-state index in [4.69, 9.17) is 0 Å². The maximum atomic E-state index is 4.24. The number of thiophene rings is 1. The van der Waals surface area contributed by atoms with Gasteiger partial charge in [-0.05, 0) is 47.9 Å². The number of nitrogens with zero attached hydrogens (tertiary/aromatic N) is 3. The third-order valence-corrected chi connectivity index (χ3v) is 4.91. The summed E-state index contributed by atoms with van der Waals surface area (Å²) < 4.78 is 1.88. The number of aromatic nitrogens is 2. The molecule has 0 aromatic carbocycles. The highest BCUT2D eigenvalue weighted by Crippen LogP contribution is 2.26. The normalized spacial score (nSPS) is 19.7. The van der Waals surface area contributed by atoms with E-state index in [0.29, 0.717) is 5.92 Å². The van der Waals surface area contributed by atoms with Gasteiger partial charge in [-0.1, -0.05) is 19.1 Å². The highest BCUT2D eigenvalue weighted by atomic mass is 32.1. The average molecular weight is 301 g/mol. The lowest BCUT2D eigenvalue weighted by Crippen LogP contribution is -2.34. The highest BCUT2D eigenvalue weighted by Gasteiger charge is 2.18. The number of rotatable bonds is 5. The van der Waals surface area contributed by atoms with Crippen molar-refractivity contribution in [3.05, 3.63) is 46.4 Å². The molecule has 3 nitrogen and oxygen atoms in total. The van der Waals surface area contributed by atoms with Crippen molar-refractivity contribution in [2.24, 2.45) is 13.0 Å². The van der Waals surface area contributed by atoms with Gasteiger partial charge >= 0.3 is 0 Å². The summed E-state index contributed by atoms with van der Waals surface area (Å²) in [6.07, 6.45) is 8.88. The van der Waals surface area contributed by atoms with Crippen LogP contribution in [0.2, 0.25) is 0 Å². The molecule has 1 aliphatic rings. The molecule has 1 unspecified atom stereocenters. The van der Waals surface area contributed by atoms with Gasteiger partial charge < -0.3 is 0 Å². The Morgan fingerprint density at radius 2 is 2.33 bits per heavy atom. The molecule has 0 fully saturated rings. The summed E-state index contributed by atoms with van der Waals surface area (Å²) in [5.41, 5.74) is 2.85. The molecule has 3 rings (SSSR count). The number of hydrogen-bond donors (Lipinski definition) is 0. The summed E-state index contributed by atoms with van der Waals surface area (Å²) in [6.45, 7) is 5.77. The Labute approximate surface area is 130 Å². The van der Waals surface area contributed by atoms with Crippen molar-refractivity contribution in [2.75, 3.05) is 19.6 Å². The van der Waals surface area contributed by atoms with E-state index in [0.717, 1.165) is 13.0 Å². The van der Waals surface area contributed by atoms with Crippen molar-refractivity contribution >= 4 is 16.9 Å². The Morgan fingerprint density at radius 3 is 3.05 bits per heavy atom. The maximum Gasteiger partial charge on any atom is 0.0521 e. The van der Waals surface area contributed by atoms with Gasteiger partial charge in [0.1, 0.15) is 0 Å². The van der Waals surface area contributed by atoms with Crippen LogP contribution in [-0.4, -0.2) is 34.3 Å². The second-order valence-electron chi connectivity index (χ2n) is 6.01. The van der Waals surface area contributed by atoms with Crippen molar-refractivity contribution in [3.8, 4) is 0 Å². The van der Waals surface area contributed by atoms with Gasteiger partial charge in [0.25, 0.3) is 0 Å². The van der Waals surface area contributed by atoms with E-state index in [1.54, 1.807) is 0 Å². The fraction of sp³-hybridized carbons (Fsp3) is 0.471. The fourth-order valence-corrected chi connectivity index (χ4v) is 3.81. The van der Waals surface area contributed by atoms with Gasteiger partial charge in [0.05, 0.1) is 6.20 Å². The Balaban J connectivity index is 1.53. The smallest absolute Gasteiger partial charge is 0.0521 e. The lowest BCUT2D eigenvalue weighted by Gasteiger charge is -2.30. The molecule has 0 spiro atoms. The molecular weight excluding hydrogens is 278 g/mol. The standard InChI is InChI=1S/C17H23N3S/c1-14-9-16(17-6-4-8-21-17)13-20(11-14)7-3-5-15-10-18-19(2)12-15/h4,6,8-10,12,14H,3,5,7,11,13H2,1-2H3. The number of hydrogen-bond acceptors (Lipinski definition) is 3. The highest BCUT2D eigenvalue weighted by molar-refractivity contribution is 7.11. The first-order chi connectivity index (χ1) is 10.2. The van der Waals surface area contributed by atoms with Gasteiger partial charge in [-0.2, -0.15) is 5.10 Å². The zero-order chi connectivity index (χ0) is 14.7. The third kappa shape index (κ3) is 3.83. The zero-order valence-corrected chi connectivity index (χ0v) is 13.6. The largest absolute Gasteiger partial charge is 0.298 e. The molecule has 0 N–H and O–H groups in total. The molecule has 2 aromatic rings. The molecule has 0 bridgehead atoms. The van der Waals surface area contributed by atoms with Crippen molar-refractivity contribution in [1.29, 1.82) is 0 Å². The van der Waals surface area contributed by atoms with Crippen LogP contribution in [0.25, 0.3) is 5.57 Å². The van der Waals surface area contributed by atoms with Crippen molar-refractivity contribution in [1.82, 2.24) is 14.7 Å². The molecule has 2 aromatic heterocycles. The van der Waals surface area contributed by atoms with Crippen LogP contribution in [-0.2, 0) is 13.5 Å². The molecule has 0 radical (unpaired) electrons. The van der Waals surface area contributed by atoms with Crippen LogP contribution >= 0.6 is 11.3 Å². The van der Waals surface area contributed by atoms with E-state index in [9.17, 15) is 0 Å². The minimum atomic E-state index is 0.647. The predicted octanol–water partition coefficient (Wildman–Crippen LogP) is 3.45. The van der Waals surface area contributed by atoms with Gasteiger partial charge in [0.2, 0.25) is 0 Å². The summed E-state index contributed by atoms with van der Waals surface area (Å²) in [5, 5.41) is 6.40. The van der Waals surface area contributed by atoms with Crippen molar-refractivity contribution in [2.45, 2.75) is 19.8 Å². The molecule has 21 heavy (non-hydrogen) atoms. The Kier molecular flexibility index (Phi) is 4.56. The van der Waals surface area contributed by atoms with Gasteiger partial charge in [-0.3, -0.25) is 9.58 Å². The summed E-state index contributed by atoms with van der Waals surface area (Å²) in [4.78, 5) is 4.02. The van der Waals surface area contributed by atoms with Crippen LogP contribution in [0.3, 0.4) is 0 Å². The van der Waals surface area contributed by atoms with Gasteiger partial charge in [-0.15, -0.1) is 11.3 Å². The molecule has 0 aliphatic carbocycles. The second kappa shape index (κ2) is 6.58. The first kappa shape index (κ1) is 14.5. The summed E-state index contributed by atoms with van der Waals surface area (Å²) in [5.74, 6) is 0.647. The van der Waals surface area contributed by atoms with Crippen LogP contribution in [0.15, 0.2) is 36.0 Å². The molecule has 0 amide bonds. The summed E-state index contributed by atoms with van der Waals surface area (Å²) in [7, 11) is 1.98. The lowest BCUT2D eigenvalue weighted by molar-refractivity contribution is 0.269. The minimum Gasteiger partial charge on any atom is -0.298 e. The Hall–Kier alpha value is -1.39. The fourth-order valence-electron chi connectivity index (χ4n) is 3.06. The molecule has 4 heteroatoms. The third-order valence-electron chi connectivity index (χ3n) is 3.96. The molecular formula is C17H23N3S. The first-order valence-electron chi connectivity index (χ1n) is 7.65. The molecule has 1 atom stereocenters. The average Bonchev–Trinajstić information content (AvgIpc) is 3.10. The van der Waals surface area contributed by atoms with E-state index in [1.807, 2.05) is 29.3 Å². The Morgan fingerprint density at radius 1 is 1.43 bits per heavy atom. The summed E-state index contributed by atoms with van der Waals surface area (Å²) >= 11 is 1.85. The molecule has 0 saturated heterocycles. The van der Waals surface area contributed by atoms with Crippen LogP contribution < -0.4 is 0 Å². The predicted molar refractivity (Wildman–Crippen MR) is 89.4 cm³/mol. The van der Waals surface area contributed by atoms with Crippen LogP contribution in [0, 0.1) is 5.92 Å². The molecule has 0 saturated carbocycles. The van der Waals surface area contributed by atoms with E-state index in [1.165, 1.54) is 35.5 Å². The molecule has 112 valence electrons. The van der Waals surface area contributed by atoms with Crippen LogP contribution in [0.5, 0.6) is 0 Å². The molecule has 3 heterocycles. The minimum absolute atomic E-state index is 0.647. The van der Waals surface area contributed by atoms with E-state index in [2.05, 4.69) is 46.7 Å². The topological polar surface area (TPSA) is 21.1 Å². The van der Waals surface area contributed by atoms with Crippen molar-refractivity contribution < 1.29 is 0 Å². The number of aryl methyl sites for hydroxylation is 2. The first-order valence-corrected chi connectivity index (χ1v) is 8.53. The second-order valence-corrected chi connectivity index (χ2v) is 6.96. The van der Waals surface area contributed by atoms with Gasteiger partial charge in [-0.25, -0.2) is 0 Å². The zero-order valence-electron chi connectivity index (χ0n) is 12.8. The van der Waals surface area contributed by atoms with E-state index >= 15 is 0 Å².